The topological polar surface area (TPSA) is 84.9 Å². The molecule has 0 spiro atoms. The lowest BCUT2D eigenvalue weighted by molar-refractivity contribution is -0.131. The normalized spacial score (nSPS) is 15.0. The monoisotopic (exact) mass is 508 g/mol. The van der Waals surface area contributed by atoms with Crippen LogP contribution in [0.1, 0.15) is 42.5 Å². The minimum Gasteiger partial charge on any atom is -0.497 e. The van der Waals surface area contributed by atoms with Crippen molar-refractivity contribution >= 4 is 21.6 Å². The summed E-state index contributed by atoms with van der Waals surface area (Å²) in [5.74, 6) is 1.03. The van der Waals surface area contributed by atoms with Gasteiger partial charge in [0.2, 0.25) is 5.91 Å². The van der Waals surface area contributed by atoms with Gasteiger partial charge in [-0.05, 0) is 79.3 Å². The molecule has 0 bridgehead atoms. The maximum atomic E-state index is 13.2. The largest absolute Gasteiger partial charge is 0.497 e. The molecule has 0 saturated carbocycles. The highest BCUT2D eigenvalue weighted by Crippen LogP contribution is 2.36. The summed E-state index contributed by atoms with van der Waals surface area (Å²) in [5, 5.41) is 0. The summed E-state index contributed by atoms with van der Waals surface area (Å²) in [5.41, 5.74) is 3.45. The van der Waals surface area contributed by atoms with Gasteiger partial charge in [0.25, 0.3) is 10.0 Å². The van der Waals surface area contributed by atoms with Crippen molar-refractivity contribution in [2.75, 3.05) is 25.5 Å². The second-order valence-corrected chi connectivity index (χ2v) is 10.5. The fourth-order valence-corrected chi connectivity index (χ4v) is 5.85. The van der Waals surface area contributed by atoms with Crippen molar-refractivity contribution in [1.29, 1.82) is 0 Å². The quantitative estimate of drug-likeness (QED) is 0.441. The lowest BCUT2D eigenvalue weighted by Gasteiger charge is -2.34. The predicted octanol–water partition coefficient (Wildman–Crippen LogP) is 4.97. The van der Waals surface area contributed by atoms with Crippen LogP contribution in [0.5, 0.6) is 11.5 Å². The van der Waals surface area contributed by atoms with Gasteiger partial charge in [-0.1, -0.05) is 30.3 Å². The third-order valence-electron chi connectivity index (χ3n) is 6.47. The van der Waals surface area contributed by atoms with E-state index in [0.717, 1.165) is 36.0 Å². The highest BCUT2D eigenvalue weighted by atomic mass is 32.2. The van der Waals surface area contributed by atoms with Crippen LogP contribution in [0.4, 0.5) is 5.69 Å². The van der Waals surface area contributed by atoms with Gasteiger partial charge in [0, 0.05) is 12.7 Å². The van der Waals surface area contributed by atoms with E-state index < -0.39 is 10.0 Å². The van der Waals surface area contributed by atoms with E-state index in [-0.39, 0.29) is 23.3 Å². The summed E-state index contributed by atoms with van der Waals surface area (Å²) in [7, 11) is -0.440. The summed E-state index contributed by atoms with van der Waals surface area (Å²) < 4.78 is 39.9. The highest BCUT2D eigenvalue weighted by molar-refractivity contribution is 7.92. The van der Waals surface area contributed by atoms with Gasteiger partial charge >= 0.3 is 0 Å². The first-order valence-electron chi connectivity index (χ1n) is 12.1. The zero-order chi connectivity index (χ0) is 25.7. The molecule has 1 N–H and O–H groups in total. The Kier molecular flexibility index (Phi) is 7.84. The number of anilines is 1. The van der Waals surface area contributed by atoms with E-state index in [9.17, 15) is 13.2 Å². The van der Waals surface area contributed by atoms with Crippen molar-refractivity contribution in [3.63, 3.8) is 0 Å². The Morgan fingerprint density at radius 1 is 1.08 bits per heavy atom. The van der Waals surface area contributed by atoms with E-state index in [1.807, 2.05) is 50.4 Å². The van der Waals surface area contributed by atoms with Crippen molar-refractivity contribution < 1.29 is 22.7 Å². The number of para-hydroxylation sites is 1. The molecule has 190 valence electrons. The van der Waals surface area contributed by atoms with Crippen LogP contribution in [-0.2, 0) is 27.7 Å². The fourth-order valence-electron chi connectivity index (χ4n) is 4.65. The summed E-state index contributed by atoms with van der Waals surface area (Å²) >= 11 is 0. The van der Waals surface area contributed by atoms with E-state index >= 15 is 0 Å². The van der Waals surface area contributed by atoms with Crippen LogP contribution in [-0.4, -0.2) is 40.0 Å². The Bertz CT molecular complexity index is 1340. The molecule has 1 aliphatic carbocycles. The molecule has 4 rings (SSSR count). The number of likely N-dealkylation sites (N-methyl/N-ethyl adjacent to an activating group) is 1. The van der Waals surface area contributed by atoms with E-state index in [4.69, 9.17) is 9.47 Å². The Balaban J connectivity index is 1.57. The van der Waals surface area contributed by atoms with Gasteiger partial charge in [-0.25, -0.2) is 8.42 Å². The smallest absolute Gasteiger partial charge is 0.265 e. The minimum atomic E-state index is -3.86. The number of hydrogen-bond acceptors (Lipinski definition) is 5. The van der Waals surface area contributed by atoms with E-state index in [1.54, 1.807) is 36.3 Å². The third kappa shape index (κ3) is 5.65. The van der Waals surface area contributed by atoms with Crippen molar-refractivity contribution in [1.82, 2.24) is 4.90 Å². The molecule has 0 radical (unpaired) electrons. The maximum Gasteiger partial charge on any atom is 0.265 e. The summed E-state index contributed by atoms with van der Waals surface area (Å²) in [4.78, 5) is 15.0. The molecule has 36 heavy (non-hydrogen) atoms. The number of fused-ring (bicyclic) bond motifs is 1. The minimum absolute atomic E-state index is 0.00210. The van der Waals surface area contributed by atoms with Crippen molar-refractivity contribution in [3.05, 3.63) is 83.4 Å². The number of amides is 1. The van der Waals surface area contributed by atoms with Crippen LogP contribution < -0.4 is 14.2 Å². The molecule has 1 atom stereocenters. The van der Waals surface area contributed by atoms with Crippen LogP contribution in [0.2, 0.25) is 0 Å². The lowest BCUT2D eigenvalue weighted by Crippen LogP contribution is -2.34. The lowest BCUT2D eigenvalue weighted by atomic mass is 9.86. The van der Waals surface area contributed by atoms with Crippen molar-refractivity contribution in [2.24, 2.45) is 0 Å². The molecule has 0 fully saturated rings. The first-order valence-corrected chi connectivity index (χ1v) is 13.6. The number of ether oxygens (including phenoxy) is 2. The molecule has 1 aliphatic rings. The Morgan fingerprint density at radius 3 is 2.67 bits per heavy atom. The third-order valence-corrected chi connectivity index (χ3v) is 7.89. The zero-order valence-corrected chi connectivity index (χ0v) is 21.7. The van der Waals surface area contributed by atoms with Gasteiger partial charge < -0.3 is 14.4 Å². The molecule has 3 aromatic rings. The average Bonchev–Trinajstić information content (AvgIpc) is 2.88. The molecule has 0 saturated heterocycles. The number of sulfonamides is 1. The van der Waals surface area contributed by atoms with Crippen molar-refractivity contribution in [3.8, 4) is 11.5 Å². The van der Waals surface area contributed by atoms with Crippen LogP contribution in [0, 0.1) is 0 Å². The number of carbonyl (C=O) groups is 1. The SMILES string of the molecule is CCOc1ccccc1S(=O)(=O)Nc1ccc2c(c1)C(N(C)C(=O)Cc1cccc(OC)c1)CCC2. The van der Waals surface area contributed by atoms with Crippen LogP contribution in [0.25, 0.3) is 0 Å². The molecule has 0 heterocycles. The van der Waals surface area contributed by atoms with Gasteiger partial charge in [-0.15, -0.1) is 0 Å². The Hall–Kier alpha value is -3.52. The van der Waals surface area contributed by atoms with Gasteiger partial charge in [0.05, 0.1) is 26.2 Å². The molecule has 8 heteroatoms. The molecule has 0 aromatic heterocycles. The molecular formula is C28H32N2O5S. The van der Waals surface area contributed by atoms with Gasteiger partial charge in [0.1, 0.15) is 16.4 Å². The first-order chi connectivity index (χ1) is 17.3. The van der Waals surface area contributed by atoms with E-state index in [0.29, 0.717) is 23.8 Å². The molecule has 3 aromatic carbocycles. The summed E-state index contributed by atoms with van der Waals surface area (Å²) in [6, 6.07) is 19.5. The van der Waals surface area contributed by atoms with E-state index in [2.05, 4.69) is 4.72 Å². The molecule has 1 amide bonds. The standard InChI is InChI=1S/C28H32N2O5S/c1-4-35-26-13-5-6-14-27(26)36(32,33)29-22-16-15-21-10-8-12-25(24(21)19-22)30(2)28(31)18-20-9-7-11-23(17-20)34-3/h5-7,9,11,13-17,19,25,29H,4,8,10,12,18H2,1-3H3. The second kappa shape index (κ2) is 11.0. The average molecular weight is 509 g/mol. The number of benzene rings is 3. The van der Waals surface area contributed by atoms with Crippen LogP contribution in [0.3, 0.4) is 0 Å². The number of aryl methyl sites for hydroxylation is 1. The first kappa shape index (κ1) is 25.6. The maximum absolute atomic E-state index is 13.2. The number of hydrogen-bond donors (Lipinski definition) is 1. The van der Waals surface area contributed by atoms with Gasteiger partial charge in [-0.3, -0.25) is 9.52 Å². The fraction of sp³-hybridized carbons (Fsp3) is 0.321. The number of nitrogens with zero attached hydrogens (tertiary/aromatic N) is 1. The summed E-state index contributed by atoms with van der Waals surface area (Å²) in [6.07, 6.45) is 2.93. The predicted molar refractivity (Wildman–Crippen MR) is 140 cm³/mol. The number of carbonyl (C=O) groups excluding carboxylic acids is 1. The molecule has 1 unspecified atom stereocenters. The van der Waals surface area contributed by atoms with Gasteiger partial charge in [0.15, 0.2) is 0 Å². The molecular weight excluding hydrogens is 476 g/mol. The highest BCUT2D eigenvalue weighted by Gasteiger charge is 2.28. The van der Waals surface area contributed by atoms with Crippen molar-refractivity contribution in [2.45, 2.75) is 43.5 Å². The molecule has 0 aliphatic heterocycles. The van der Waals surface area contributed by atoms with Gasteiger partial charge in [-0.2, -0.15) is 0 Å². The number of methoxy groups -OCH3 is 1. The van der Waals surface area contributed by atoms with E-state index in [1.165, 1.54) is 6.07 Å². The second-order valence-electron chi connectivity index (χ2n) is 8.84. The zero-order valence-electron chi connectivity index (χ0n) is 20.9. The van der Waals surface area contributed by atoms with Crippen LogP contribution in [0.15, 0.2) is 71.6 Å². The Morgan fingerprint density at radius 2 is 1.89 bits per heavy atom. The Labute approximate surface area is 213 Å². The molecule has 7 nitrogen and oxygen atoms in total. The number of nitrogens with one attached hydrogen (secondary N) is 1. The summed E-state index contributed by atoms with van der Waals surface area (Å²) in [6.45, 7) is 2.18. The van der Waals surface area contributed by atoms with Crippen LogP contribution >= 0.6 is 0 Å². The number of rotatable bonds is 9.